The summed E-state index contributed by atoms with van der Waals surface area (Å²) in [6.45, 7) is -1.41. The minimum atomic E-state index is -8.64. The van der Waals surface area contributed by atoms with E-state index in [-0.39, 0.29) is 11.0 Å². The third-order valence-electron chi connectivity index (χ3n) is 7.81. The van der Waals surface area contributed by atoms with Gasteiger partial charge in [0.15, 0.2) is 0 Å². The second-order valence-corrected chi connectivity index (χ2v) is 10.5. The highest BCUT2D eigenvalue weighted by Crippen LogP contribution is 2.62. The summed E-state index contributed by atoms with van der Waals surface area (Å²) >= 11 is 0. The fraction of sp³-hybridized carbons (Fsp3) is 0.565. The van der Waals surface area contributed by atoms with Gasteiger partial charge in [0.25, 0.3) is 11.8 Å². The predicted molar refractivity (Wildman–Crippen MR) is 114 cm³/mol. The summed E-state index contributed by atoms with van der Waals surface area (Å²) in [5, 5.41) is 8.90. The molecule has 3 heterocycles. The molecule has 1 aromatic carbocycles. The van der Waals surface area contributed by atoms with E-state index in [1.54, 1.807) is 0 Å². The van der Waals surface area contributed by atoms with Crippen molar-refractivity contribution in [2.45, 2.75) is 72.4 Å². The molecule has 0 radical (unpaired) electrons. The van der Waals surface area contributed by atoms with E-state index >= 15 is 0 Å². The van der Waals surface area contributed by atoms with Gasteiger partial charge in [-0.1, -0.05) is 0 Å². The molecule has 3 aliphatic heterocycles. The van der Waals surface area contributed by atoms with E-state index in [0.717, 1.165) is 0 Å². The lowest BCUT2D eigenvalue weighted by Gasteiger charge is -2.42. The highest BCUT2D eigenvalue weighted by atomic mass is 19.4. The number of likely N-dealkylation sites (tertiary alicyclic amines) is 1. The Labute approximate surface area is 252 Å². The molecule has 0 spiro atoms. The van der Waals surface area contributed by atoms with Gasteiger partial charge in [0.2, 0.25) is 0 Å². The maximum absolute atomic E-state index is 14.7. The maximum atomic E-state index is 14.7. The average Bonchev–Trinajstić information content (AvgIpc) is 3.61. The predicted octanol–water partition coefficient (Wildman–Crippen LogP) is 6.07. The third-order valence-corrected chi connectivity index (χ3v) is 7.81. The fourth-order valence-corrected chi connectivity index (χ4v) is 5.41. The van der Waals surface area contributed by atoms with Crippen LogP contribution in [0.3, 0.4) is 0 Å². The summed E-state index contributed by atoms with van der Waals surface area (Å²) in [5.74, 6) is -54.7. The van der Waals surface area contributed by atoms with Gasteiger partial charge >= 0.3 is 53.9 Å². The zero-order valence-corrected chi connectivity index (χ0v) is 22.2. The molecule has 0 N–H and O–H groups in total. The van der Waals surface area contributed by atoms with Crippen LogP contribution in [-0.4, -0.2) is 94.0 Å². The van der Waals surface area contributed by atoms with Gasteiger partial charge in [-0.15, -0.1) is 0 Å². The van der Waals surface area contributed by atoms with Crippen LogP contribution in [0.4, 0.5) is 89.5 Å². The van der Waals surface area contributed by atoms with E-state index in [2.05, 4.69) is 0 Å². The number of nitrogens with zero attached hydrogens (tertiary/aromatic N) is 4. The highest BCUT2D eigenvalue weighted by Gasteiger charge is 2.94. The van der Waals surface area contributed by atoms with E-state index in [4.69, 9.17) is 5.26 Å². The number of amides is 4. The lowest BCUT2D eigenvalue weighted by Crippen LogP contribution is -2.74. The van der Waals surface area contributed by atoms with Crippen LogP contribution >= 0.6 is 0 Å². The lowest BCUT2D eigenvalue weighted by atomic mass is 9.90. The quantitative estimate of drug-likeness (QED) is 0.252. The van der Waals surface area contributed by atoms with Gasteiger partial charge in [-0.2, -0.15) is 84.3 Å². The summed E-state index contributed by atoms with van der Waals surface area (Å²) < 4.78 is 244. The number of halogens is 18. The molecule has 2 bridgehead atoms. The van der Waals surface area contributed by atoms with Crippen LogP contribution in [0.1, 0.15) is 17.5 Å². The van der Waals surface area contributed by atoms with Gasteiger partial charge in [0.1, 0.15) is 6.04 Å². The Morgan fingerprint density at radius 3 is 1.73 bits per heavy atom. The molecule has 25 heteroatoms. The smallest absolute Gasteiger partial charge is 0.330 e. The van der Waals surface area contributed by atoms with E-state index in [1.165, 1.54) is 6.07 Å². The Balaban J connectivity index is 1.67. The summed E-state index contributed by atoms with van der Waals surface area (Å²) in [4.78, 5) is 38.3. The van der Waals surface area contributed by atoms with Gasteiger partial charge in [-0.3, -0.25) is 9.59 Å². The Morgan fingerprint density at radius 2 is 1.25 bits per heavy atom. The summed E-state index contributed by atoms with van der Waals surface area (Å²) in [6, 6.07) is -5.27. The third kappa shape index (κ3) is 4.48. The second-order valence-electron chi connectivity index (χ2n) is 10.5. The highest BCUT2D eigenvalue weighted by molar-refractivity contribution is 6.22. The SMILES string of the molecule is N#Cc1ccc(N2C(=O)[C@H]3C4C[C@H](CN4C(=O)C(F)(F)C(F)(F)C(F)(F)C(F)(F)C(F)(F)C(F)(F)C(F)(F)F)N3C2=O)cc1C(F)(F)F. The maximum Gasteiger partial charge on any atom is 0.460 e. The van der Waals surface area contributed by atoms with Gasteiger partial charge in [0.05, 0.1) is 35.0 Å². The molecular formula is C23H10F18N4O3. The van der Waals surface area contributed by atoms with Gasteiger partial charge in [-0.05, 0) is 24.6 Å². The number of anilines is 1. The molecule has 3 aliphatic rings. The van der Waals surface area contributed by atoms with E-state index < -0.39 is 119 Å². The number of fused-ring (bicyclic) bond motifs is 5. The van der Waals surface area contributed by atoms with Crippen LogP contribution in [-0.2, 0) is 15.8 Å². The monoisotopic (exact) mass is 732 g/mol. The molecule has 4 amide bonds. The largest absolute Gasteiger partial charge is 0.460 e. The first kappa shape index (κ1) is 36.7. The van der Waals surface area contributed by atoms with Crippen LogP contribution in [0.2, 0.25) is 0 Å². The van der Waals surface area contributed by atoms with Gasteiger partial charge < -0.3 is 9.80 Å². The Hall–Kier alpha value is -4.14. The first-order valence-electron chi connectivity index (χ1n) is 12.3. The number of urea groups is 1. The van der Waals surface area contributed by atoms with Crippen molar-refractivity contribution in [1.29, 1.82) is 5.26 Å². The van der Waals surface area contributed by atoms with Crippen molar-refractivity contribution in [2.24, 2.45) is 0 Å². The zero-order chi connectivity index (χ0) is 37.2. The van der Waals surface area contributed by atoms with Crippen LogP contribution in [0.15, 0.2) is 18.2 Å². The van der Waals surface area contributed by atoms with Crippen molar-refractivity contribution in [3.8, 4) is 6.07 Å². The standard InChI is InChI=1S/C23H10F18N4O3/c24-16(25,18(29,30)19(31,32)20(33,34)21(35,36)22(37,38)23(39,40)41)14(47)43-6-9-4-11(43)12-13(46)45(15(48)44(9)12)8-2-1-7(5-42)10(3-8)17(26,27)28/h1-3,9,11-12H,4,6H2/t9-,11?,12-/m1/s1. The summed E-state index contributed by atoms with van der Waals surface area (Å²) in [5.41, 5.74) is -3.60. The number of hydrogen-bond donors (Lipinski definition) is 0. The molecule has 3 saturated heterocycles. The Kier molecular flexibility index (Phi) is 7.79. The molecule has 0 saturated carbocycles. The van der Waals surface area contributed by atoms with Crippen molar-refractivity contribution in [3.63, 3.8) is 0 Å². The minimum absolute atomic E-state index is 0.0292. The molecule has 3 atom stereocenters. The number of piperazine rings is 1. The van der Waals surface area contributed by atoms with Crippen molar-refractivity contribution < 1.29 is 93.4 Å². The number of rotatable bonds is 7. The van der Waals surface area contributed by atoms with E-state index in [1.807, 2.05) is 0 Å². The summed E-state index contributed by atoms with van der Waals surface area (Å²) in [7, 11) is 0. The molecule has 0 aromatic heterocycles. The van der Waals surface area contributed by atoms with Gasteiger partial charge in [0, 0.05) is 6.54 Å². The van der Waals surface area contributed by atoms with E-state index in [9.17, 15) is 93.4 Å². The number of hydrogen-bond acceptors (Lipinski definition) is 4. The molecule has 1 aromatic rings. The number of carbonyl (C=O) groups excluding carboxylic acids is 3. The molecule has 0 aliphatic carbocycles. The lowest BCUT2D eigenvalue weighted by molar-refractivity contribution is -0.450. The minimum Gasteiger partial charge on any atom is -0.330 e. The number of imide groups is 1. The number of alkyl halides is 18. The normalized spacial score (nSPS) is 22.9. The van der Waals surface area contributed by atoms with Crippen molar-refractivity contribution in [1.82, 2.24) is 9.80 Å². The number of nitriles is 1. The van der Waals surface area contributed by atoms with Gasteiger partial charge in [-0.25, -0.2) is 9.69 Å². The second kappa shape index (κ2) is 10.2. The molecular weight excluding hydrogens is 722 g/mol. The van der Waals surface area contributed by atoms with Crippen molar-refractivity contribution in [2.75, 3.05) is 11.4 Å². The van der Waals surface area contributed by atoms with Crippen LogP contribution in [0, 0.1) is 11.3 Å². The van der Waals surface area contributed by atoms with E-state index in [0.29, 0.717) is 17.0 Å². The number of carbonyl (C=O) groups is 3. The van der Waals surface area contributed by atoms with Crippen LogP contribution in [0.25, 0.3) is 0 Å². The Morgan fingerprint density at radius 1 is 0.750 bits per heavy atom. The zero-order valence-electron chi connectivity index (χ0n) is 22.2. The van der Waals surface area contributed by atoms with Crippen molar-refractivity contribution >= 4 is 23.5 Å². The average molecular weight is 732 g/mol. The first-order chi connectivity index (χ1) is 21.4. The molecule has 266 valence electrons. The fourth-order valence-electron chi connectivity index (χ4n) is 5.41. The first-order valence-corrected chi connectivity index (χ1v) is 12.3. The Bertz CT molecular complexity index is 1600. The van der Waals surface area contributed by atoms with Crippen LogP contribution in [0.5, 0.6) is 0 Å². The molecule has 1 unspecified atom stereocenters. The van der Waals surface area contributed by atoms with Crippen molar-refractivity contribution in [3.05, 3.63) is 29.3 Å². The summed E-state index contributed by atoms with van der Waals surface area (Å²) in [6.07, 6.45) is -13.9. The topological polar surface area (TPSA) is 84.7 Å². The molecule has 4 rings (SSSR count). The molecule has 3 fully saturated rings. The molecule has 48 heavy (non-hydrogen) atoms. The van der Waals surface area contributed by atoms with Crippen LogP contribution < -0.4 is 4.90 Å². The number of benzene rings is 1. The molecule has 7 nitrogen and oxygen atoms in total.